The molecule has 1 spiro atoms. The monoisotopic (exact) mass is 486 g/mol. The molecule has 1 saturated carbocycles. The molecule has 1 atom stereocenters. The first-order valence-corrected chi connectivity index (χ1v) is 12.7. The smallest absolute Gasteiger partial charge is 0.263 e. The standard InChI is InChI=1S/C27H27ClN6O/c28-18-6-3-5-17(14-18)27(8-9-27)22-20-23(33-32-22)30-25(31-24(20)35)34-12-10-26(11-13-34)15-16-4-1-2-7-19(16)21(26)29/h1-7,14,21H,8-13,15,29H2,(H2,30,31,32,33,35)/t21-/m1/s1. The number of nitrogens with one attached hydrogen (secondary N) is 2. The van der Waals surface area contributed by atoms with Crippen molar-refractivity contribution in [3.8, 4) is 0 Å². The van der Waals surface area contributed by atoms with Gasteiger partial charge in [-0.05, 0) is 66.3 Å². The molecule has 2 aliphatic carbocycles. The van der Waals surface area contributed by atoms with Gasteiger partial charge in [0.25, 0.3) is 5.56 Å². The lowest BCUT2D eigenvalue weighted by Crippen LogP contribution is -2.45. The lowest BCUT2D eigenvalue weighted by Gasteiger charge is -2.42. The number of anilines is 1. The van der Waals surface area contributed by atoms with Crippen molar-refractivity contribution < 1.29 is 0 Å². The number of hydrogen-bond acceptors (Lipinski definition) is 5. The van der Waals surface area contributed by atoms with E-state index < -0.39 is 0 Å². The number of aromatic amines is 2. The Morgan fingerprint density at radius 1 is 1.06 bits per heavy atom. The lowest BCUT2D eigenvalue weighted by molar-refractivity contribution is 0.187. The van der Waals surface area contributed by atoms with Crippen LogP contribution in [-0.2, 0) is 11.8 Å². The van der Waals surface area contributed by atoms with Crippen molar-refractivity contribution in [2.45, 2.75) is 43.6 Å². The molecule has 4 N–H and O–H groups in total. The van der Waals surface area contributed by atoms with E-state index in [4.69, 9.17) is 22.3 Å². The van der Waals surface area contributed by atoms with Gasteiger partial charge in [-0.3, -0.25) is 14.9 Å². The number of benzene rings is 2. The van der Waals surface area contributed by atoms with E-state index in [-0.39, 0.29) is 22.4 Å². The summed E-state index contributed by atoms with van der Waals surface area (Å²) >= 11 is 6.26. The van der Waals surface area contributed by atoms with Gasteiger partial charge >= 0.3 is 0 Å². The van der Waals surface area contributed by atoms with E-state index in [9.17, 15) is 4.79 Å². The molecule has 7 rings (SSSR count). The highest BCUT2D eigenvalue weighted by molar-refractivity contribution is 6.30. The van der Waals surface area contributed by atoms with Crippen molar-refractivity contribution in [2.24, 2.45) is 11.1 Å². The third kappa shape index (κ3) is 3.11. The van der Waals surface area contributed by atoms with Crippen molar-refractivity contribution in [3.05, 3.63) is 86.3 Å². The number of aromatic nitrogens is 4. The van der Waals surface area contributed by atoms with Gasteiger partial charge in [-0.2, -0.15) is 10.1 Å². The molecule has 0 bridgehead atoms. The van der Waals surface area contributed by atoms with Crippen molar-refractivity contribution in [3.63, 3.8) is 0 Å². The number of hydrogen-bond donors (Lipinski definition) is 3. The van der Waals surface area contributed by atoms with Crippen molar-refractivity contribution in [1.29, 1.82) is 0 Å². The molecule has 2 aromatic carbocycles. The zero-order valence-corrected chi connectivity index (χ0v) is 20.1. The summed E-state index contributed by atoms with van der Waals surface area (Å²) in [5.74, 6) is 0.590. The van der Waals surface area contributed by atoms with Crippen LogP contribution in [0.15, 0.2) is 53.3 Å². The summed E-state index contributed by atoms with van der Waals surface area (Å²) in [6.45, 7) is 1.61. The average molecular weight is 487 g/mol. The molecule has 0 radical (unpaired) electrons. The fourth-order valence-corrected chi connectivity index (χ4v) is 6.67. The molecule has 0 unspecified atom stereocenters. The summed E-state index contributed by atoms with van der Waals surface area (Å²) in [6, 6.07) is 16.5. The number of nitrogens with two attached hydrogens (primary N) is 1. The van der Waals surface area contributed by atoms with Crippen LogP contribution in [0, 0.1) is 5.41 Å². The highest BCUT2D eigenvalue weighted by Crippen LogP contribution is 2.54. The summed E-state index contributed by atoms with van der Waals surface area (Å²) in [5, 5.41) is 8.86. The van der Waals surface area contributed by atoms with Gasteiger partial charge in [0, 0.05) is 29.6 Å². The Morgan fingerprint density at radius 3 is 2.60 bits per heavy atom. The molecule has 3 aliphatic rings. The summed E-state index contributed by atoms with van der Waals surface area (Å²) in [4.78, 5) is 23.3. The quantitative estimate of drug-likeness (QED) is 0.402. The van der Waals surface area contributed by atoms with Crippen LogP contribution in [0.2, 0.25) is 5.02 Å². The van der Waals surface area contributed by atoms with Crippen LogP contribution in [0.1, 0.15) is 54.1 Å². The Morgan fingerprint density at radius 2 is 1.86 bits per heavy atom. The molecule has 8 heteroatoms. The first-order chi connectivity index (χ1) is 17.0. The molecular formula is C27H27ClN6O. The molecule has 1 saturated heterocycles. The summed E-state index contributed by atoms with van der Waals surface area (Å²) in [6.07, 6.45) is 4.85. The van der Waals surface area contributed by atoms with Crippen molar-refractivity contribution in [2.75, 3.05) is 18.0 Å². The van der Waals surface area contributed by atoms with Crippen LogP contribution in [0.5, 0.6) is 0 Å². The summed E-state index contributed by atoms with van der Waals surface area (Å²) in [7, 11) is 0. The molecule has 4 aromatic rings. The SMILES string of the molecule is N[C@@H]1c2ccccc2CC12CCN(c1nc3n[nH]c(C4(c5cccc(Cl)c5)CC4)c3c(=O)[nH]1)CC2. The van der Waals surface area contributed by atoms with Crippen molar-refractivity contribution >= 4 is 28.6 Å². The second kappa shape index (κ2) is 7.42. The minimum Gasteiger partial charge on any atom is -0.342 e. The van der Waals surface area contributed by atoms with E-state index in [0.717, 1.165) is 56.5 Å². The second-order valence-electron chi connectivity index (χ2n) is 10.5. The molecule has 7 nitrogen and oxygen atoms in total. The van der Waals surface area contributed by atoms with Gasteiger partial charge in [0.15, 0.2) is 5.65 Å². The van der Waals surface area contributed by atoms with Crippen LogP contribution in [0.4, 0.5) is 5.95 Å². The number of rotatable bonds is 3. The van der Waals surface area contributed by atoms with Crippen LogP contribution < -0.4 is 16.2 Å². The zero-order valence-electron chi connectivity index (χ0n) is 19.4. The van der Waals surface area contributed by atoms with Crippen LogP contribution in [0.3, 0.4) is 0 Å². The Kier molecular flexibility index (Phi) is 4.48. The second-order valence-corrected chi connectivity index (χ2v) is 10.9. The molecule has 2 aromatic heterocycles. The fourth-order valence-electron chi connectivity index (χ4n) is 6.48. The van der Waals surface area contributed by atoms with Gasteiger partial charge in [0.1, 0.15) is 5.39 Å². The normalized spacial score (nSPS) is 22.0. The first-order valence-electron chi connectivity index (χ1n) is 12.3. The third-order valence-corrected chi connectivity index (χ3v) is 8.90. The van der Waals surface area contributed by atoms with Gasteiger partial charge in [0.2, 0.25) is 5.95 Å². The van der Waals surface area contributed by atoms with E-state index in [0.29, 0.717) is 22.0 Å². The molecule has 2 fully saturated rings. The Balaban J connectivity index is 1.17. The van der Waals surface area contributed by atoms with Gasteiger partial charge in [-0.1, -0.05) is 48.0 Å². The number of halogens is 1. The van der Waals surface area contributed by atoms with Gasteiger partial charge in [-0.25, -0.2) is 0 Å². The van der Waals surface area contributed by atoms with E-state index in [2.05, 4.69) is 50.4 Å². The van der Waals surface area contributed by atoms with Gasteiger partial charge in [-0.15, -0.1) is 0 Å². The molecule has 3 heterocycles. The van der Waals surface area contributed by atoms with Crippen LogP contribution >= 0.6 is 11.6 Å². The largest absolute Gasteiger partial charge is 0.342 e. The molecule has 178 valence electrons. The van der Waals surface area contributed by atoms with Gasteiger partial charge < -0.3 is 10.6 Å². The predicted octanol–water partition coefficient (Wildman–Crippen LogP) is 4.22. The molecule has 1 aliphatic heterocycles. The predicted molar refractivity (Wildman–Crippen MR) is 137 cm³/mol. The zero-order chi connectivity index (χ0) is 23.8. The third-order valence-electron chi connectivity index (χ3n) is 8.67. The lowest BCUT2D eigenvalue weighted by atomic mass is 9.73. The van der Waals surface area contributed by atoms with Crippen molar-refractivity contribution in [1.82, 2.24) is 20.2 Å². The fraction of sp³-hybridized carbons (Fsp3) is 0.370. The van der Waals surface area contributed by atoms with Crippen LogP contribution in [0.25, 0.3) is 11.0 Å². The van der Waals surface area contributed by atoms with E-state index in [1.807, 2.05) is 18.2 Å². The number of piperidine rings is 1. The van der Waals surface area contributed by atoms with E-state index in [1.165, 1.54) is 11.1 Å². The Hall–Kier alpha value is -3.16. The maximum Gasteiger partial charge on any atom is 0.263 e. The summed E-state index contributed by atoms with van der Waals surface area (Å²) < 4.78 is 0. The topological polar surface area (TPSA) is 104 Å². The summed E-state index contributed by atoms with van der Waals surface area (Å²) in [5.41, 5.74) is 11.5. The minimum absolute atomic E-state index is 0.0606. The highest BCUT2D eigenvalue weighted by Gasteiger charge is 2.49. The minimum atomic E-state index is -0.249. The van der Waals surface area contributed by atoms with Gasteiger partial charge in [0.05, 0.1) is 5.69 Å². The molecule has 35 heavy (non-hydrogen) atoms. The van der Waals surface area contributed by atoms with E-state index >= 15 is 0 Å². The Labute approximate surface area is 207 Å². The maximum absolute atomic E-state index is 13.3. The van der Waals surface area contributed by atoms with E-state index in [1.54, 1.807) is 0 Å². The number of fused-ring (bicyclic) bond motifs is 2. The average Bonchev–Trinajstić information content (AvgIpc) is 3.48. The maximum atomic E-state index is 13.3. The first kappa shape index (κ1) is 21.1. The Bertz CT molecular complexity index is 1510. The molecule has 0 amide bonds. The highest BCUT2D eigenvalue weighted by atomic mass is 35.5. The molecular weight excluding hydrogens is 460 g/mol. The number of H-pyrrole nitrogens is 2. The number of nitrogens with zero attached hydrogens (tertiary/aromatic N) is 3. The van der Waals surface area contributed by atoms with Crippen LogP contribution in [-0.4, -0.2) is 33.3 Å².